The highest BCUT2D eigenvalue weighted by molar-refractivity contribution is 5.82. The number of benzene rings is 1. The molecule has 2 aliphatic rings. The van der Waals surface area contributed by atoms with Crippen molar-refractivity contribution in [2.75, 3.05) is 6.54 Å². The molecule has 0 saturated carbocycles. The van der Waals surface area contributed by atoms with Crippen LogP contribution in [0.2, 0.25) is 0 Å². The Morgan fingerprint density at radius 2 is 2.00 bits per heavy atom. The van der Waals surface area contributed by atoms with Gasteiger partial charge in [-0.1, -0.05) is 29.5 Å². The standard InChI is InChI=1S/C15H17N5O/c21-15-14(5-6-16-15)20-10-13(17-18-20)9-19-7-11-3-1-2-4-12(11)8-19/h1-4,10,14H,5-9H2,(H,16,21). The van der Waals surface area contributed by atoms with E-state index in [-0.39, 0.29) is 11.9 Å². The second kappa shape index (κ2) is 4.96. The third kappa shape index (κ3) is 2.31. The van der Waals surface area contributed by atoms with E-state index >= 15 is 0 Å². The van der Waals surface area contributed by atoms with E-state index in [0.29, 0.717) is 0 Å². The number of rotatable bonds is 3. The van der Waals surface area contributed by atoms with Gasteiger partial charge in [-0.05, 0) is 17.5 Å². The SMILES string of the molecule is O=C1NCCC1n1cc(CN2Cc3ccccc3C2)nn1. The fourth-order valence-corrected chi connectivity index (χ4v) is 3.12. The van der Waals surface area contributed by atoms with Crippen molar-refractivity contribution in [3.8, 4) is 0 Å². The van der Waals surface area contributed by atoms with E-state index in [0.717, 1.165) is 38.3 Å². The molecule has 1 unspecified atom stereocenters. The molecule has 0 spiro atoms. The van der Waals surface area contributed by atoms with Crippen molar-refractivity contribution >= 4 is 5.91 Å². The zero-order valence-corrected chi connectivity index (χ0v) is 11.7. The van der Waals surface area contributed by atoms with Gasteiger partial charge < -0.3 is 5.32 Å². The number of carbonyl (C=O) groups is 1. The van der Waals surface area contributed by atoms with Gasteiger partial charge >= 0.3 is 0 Å². The normalized spacial score (nSPS) is 21.5. The molecule has 1 atom stereocenters. The van der Waals surface area contributed by atoms with Gasteiger partial charge in [0.1, 0.15) is 6.04 Å². The quantitative estimate of drug-likeness (QED) is 0.907. The lowest BCUT2D eigenvalue weighted by molar-refractivity contribution is -0.122. The average molecular weight is 283 g/mol. The topological polar surface area (TPSA) is 63.1 Å². The van der Waals surface area contributed by atoms with Gasteiger partial charge in [0.25, 0.3) is 0 Å². The third-order valence-electron chi connectivity index (χ3n) is 4.19. The molecule has 4 rings (SSSR count). The molecule has 21 heavy (non-hydrogen) atoms. The predicted octanol–water partition coefficient (Wildman–Crippen LogP) is 0.855. The zero-order chi connectivity index (χ0) is 14.2. The Hall–Kier alpha value is -2.21. The summed E-state index contributed by atoms with van der Waals surface area (Å²) >= 11 is 0. The largest absolute Gasteiger partial charge is 0.354 e. The fourth-order valence-electron chi connectivity index (χ4n) is 3.12. The maximum Gasteiger partial charge on any atom is 0.245 e. The number of nitrogens with one attached hydrogen (secondary N) is 1. The Morgan fingerprint density at radius 3 is 2.67 bits per heavy atom. The molecular formula is C15H17N5O. The van der Waals surface area contributed by atoms with E-state index in [9.17, 15) is 4.79 Å². The van der Waals surface area contributed by atoms with Crippen molar-refractivity contribution in [1.82, 2.24) is 25.2 Å². The molecule has 0 bridgehead atoms. The number of carbonyl (C=O) groups excluding carboxylic acids is 1. The summed E-state index contributed by atoms with van der Waals surface area (Å²) in [5.74, 6) is 0.0417. The Balaban J connectivity index is 1.45. The molecule has 1 aromatic carbocycles. The molecule has 6 nitrogen and oxygen atoms in total. The van der Waals surface area contributed by atoms with Crippen LogP contribution in [0.1, 0.15) is 29.3 Å². The van der Waals surface area contributed by atoms with Crippen LogP contribution >= 0.6 is 0 Å². The summed E-state index contributed by atoms with van der Waals surface area (Å²) in [4.78, 5) is 14.0. The van der Waals surface area contributed by atoms with Crippen LogP contribution in [0.4, 0.5) is 0 Å². The van der Waals surface area contributed by atoms with E-state index in [1.807, 2.05) is 6.20 Å². The average Bonchev–Trinajstić information content (AvgIpc) is 3.17. The van der Waals surface area contributed by atoms with Crippen LogP contribution in [0.3, 0.4) is 0 Å². The summed E-state index contributed by atoms with van der Waals surface area (Å²) < 4.78 is 1.70. The first-order valence-electron chi connectivity index (χ1n) is 7.27. The Bertz CT molecular complexity index is 655. The number of nitrogens with zero attached hydrogens (tertiary/aromatic N) is 4. The Kier molecular flexibility index (Phi) is 2.96. The number of fused-ring (bicyclic) bond motifs is 1. The van der Waals surface area contributed by atoms with Crippen LogP contribution in [0.15, 0.2) is 30.5 Å². The van der Waals surface area contributed by atoms with Crippen molar-refractivity contribution < 1.29 is 4.79 Å². The Labute approximate surface area is 122 Å². The van der Waals surface area contributed by atoms with Gasteiger partial charge in [-0.25, -0.2) is 4.68 Å². The lowest BCUT2D eigenvalue weighted by Crippen LogP contribution is -2.22. The molecule has 1 saturated heterocycles. The summed E-state index contributed by atoms with van der Waals surface area (Å²) in [6.07, 6.45) is 2.69. The maximum absolute atomic E-state index is 11.7. The molecule has 3 heterocycles. The first-order chi connectivity index (χ1) is 10.3. The minimum atomic E-state index is -0.193. The highest BCUT2D eigenvalue weighted by atomic mass is 16.2. The van der Waals surface area contributed by atoms with Crippen molar-refractivity contribution in [1.29, 1.82) is 0 Å². The van der Waals surface area contributed by atoms with Crippen molar-refractivity contribution in [2.24, 2.45) is 0 Å². The number of aromatic nitrogens is 3. The molecule has 1 fully saturated rings. The van der Waals surface area contributed by atoms with Gasteiger partial charge in [-0.3, -0.25) is 9.69 Å². The summed E-state index contributed by atoms with van der Waals surface area (Å²) in [5, 5.41) is 11.2. The van der Waals surface area contributed by atoms with Crippen molar-refractivity contribution in [3.63, 3.8) is 0 Å². The van der Waals surface area contributed by atoms with Crippen molar-refractivity contribution in [2.45, 2.75) is 32.1 Å². The fraction of sp³-hybridized carbons (Fsp3) is 0.400. The van der Waals surface area contributed by atoms with E-state index in [4.69, 9.17) is 0 Å². The molecule has 0 aliphatic carbocycles. The molecule has 2 aliphatic heterocycles. The molecule has 1 amide bonds. The van der Waals surface area contributed by atoms with Gasteiger partial charge in [-0.15, -0.1) is 5.10 Å². The first kappa shape index (κ1) is 12.5. The molecule has 1 N–H and O–H groups in total. The second-order valence-corrected chi connectivity index (χ2v) is 5.70. The molecule has 1 aromatic heterocycles. The van der Waals surface area contributed by atoms with Gasteiger partial charge in [-0.2, -0.15) is 0 Å². The number of hydrogen-bond acceptors (Lipinski definition) is 4. The minimum absolute atomic E-state index is 0.0417. The van der Waals surface area contributed by atoms with Gasteiger partial charge in [0.05, 0.1) is 11.9 Å². The van der Waals surface area contributed by atoms with Crippen LogP contribution in [-0.4, -0.2) is 32.3 Å². The minimum Gasteiger partial charge on any atom is -0.354 e. The first-order valence-corrected chi connectivity index (χ1v) is 7.27. The molecule has 108 valence electrons. The van der Waals surface area contributed by atoms with Crippen LogP contribution in [0, 0.1) is 0 Å². The van der Waals surface area contributed by atoms with Gasteiger partial charge in [0.15, 0.2) is 0 Å². The van der Waals surface area contributed by atoms with E-state index in [1.165, 1.54) is 11.1 Å². The van der Waals surface area contributed by atoms with Crippen LogP contribution in [0.5, 0.6) is 0 Å². The smallest absolute Gasteiger partial charge is 0.245 e. The van der Waals surface area contributed by atoms with Gasteiger partial charge in [0, 0.05) is 26.2 Å². The zero-order valence-electron chi connectivity index (χ0n) is 11.7. The summed E-state index contributed by atoms with van der Waals surface area (Å²) in [7, 11) is 0. The lowest BCUT2D eigenvalue weighted by Gasteiger charge is -2.12. The summed E-state index contributed by atoms with van der Waals surface area (Å²) in [6.45, 7) is 3.39. The summed E-state index contributed by atoms with van der Waals surface area (Å²) in [6, 6.07) is 8.32. The van der Waals surface area contributed by atoms with E-state index in [1.54, 1.807) is 4.68 Å². The Morgan fingerprint density at radius 1 is 1.24 bits per heavy atom. The highest BCUT2D eigenvalue weighted by Crippen LogP contribution is 2.23. The third-order valence-corrected chi connectivity index (χ3v) is 4.19. The predicted molar refractivity (Wildman–Crippen MR) is 76.1 cm³/mol. The lowest BCUT2D eigenvalue weighted by atomic mass is 10.1. The molecular weight excluding hydrogens is 266 g/mol. The van der Waals surface area contributed by atoms with Crippen molar-refractivity contribution in [3.05, 3.63) is 47.3 Å². The van der Waals surface area contributed by atoms with Crippen LogP contribution in [0.25, 0.3) is 0 Å². The van der Waals surface area contributed by atoms with E-state index in [2.05, 4.69) is 44.8 Å². The highest BCUT2D eigenvalue weighted by Gasteiger charge is 2.27. The van der Waals surface area contributed by atoms with Gasteiger partial charge in [0.2, 0.25) is 5.91 Å². The number of hydrogen-bond donors (Lipinski definition) is 1. The van der Waals surface area contributed by atoms with Crippen LogP contribution < -0.4 is 5.32 Å². The molecule has 0 radical (unpaired) electrons. The molecule has 6 heteroatoms. The van der Waals surface area contributed by atoms with E-state index < -0.39 is 0 Å². The summed E-state index contributed by atoms with van der Waals surface area (Å²) in [5.41, 5.74) is 3.70. The van der Waals surface area contributed by atoms with Crippen LogP contribution in [-0.2, 0) is 24.4 Å². The number of amides is 1. The maximum atomic E-state index is 11.7. The monoisotopic (exact) mass is 283 g/mol. The molecule has 2 aromatic rings. The second-order valence-electron chi connectivity index (χ2n) is 5.70.